The van der Waals surface area contributed by atoms with Crippen LogP contribution in [0.3, 0.4) is 0 Å². The van der Waals surface area contributed by atoms with Crippen molar-refractivity contribution in [2.24, 2.45) is 0 Å². The number of aliphatic carboxylic acids is 1. The number of carbonyl (C=O) groups is 3. The van der Waals surface area contributed by atoms with Crippen molar-refractivity contribution in [2.75, 3.05) is 47.5 Å². The average Bonchev–Trinajstić information content (AvgIpc) is 2.92. The molecule has 530 valence electrons. The van der Waals surface area contributed by atoms with Crippen molar-refractivity contribution in [3.63, 3.8) is 0 Å². The normalized spacial score (nSPS) is 14.0. The molecule has 9 heteroatoms. The molecule has 0 saturated carbocycles. The Kier molecular flexibility index (Phi) is 68.5. The number of allylic oxidation sites excluding steroid dienone is 36. The molecule has 0 saturated heterocycles. The molecule has 95 heavy (non-hydrogen) atoms. The van der Waals surface area contributed by atoms with E-state index in [1.165, 1.54) is 57.8 Å². The summed E-state index contributed by atoms with van der Waals surface area (Å²) in [5, 5.41) is 11.8. The van der Waals surface area contributed by atoms with Gasteiger partial charge in [-0.1, -0.05) is 297 Å². The van der Waals surface area contributed by atoms with Crippen LogP contribution in [0, 0.1) is 0 Å². The van der Waals surface area contributed by atoms with Gasteiger partial charge in [0.15, 0.2) is 12.4 Å². The van der Waals surface area contributed by atoms with Crippen LogP contribution in [0.2, 0.25) is 0 Å². The first-order chi connectivity index (χ1) is 46.6. The van der Waals surface area contributed by atoms with Gasteiger partial charge in [0, 0.05) is 12.8 Å². The monoisotopic (exact) mass is 1310 g/mol. The fraction of sp³-hybridized carbons (Fsp3) is 0.547. The van der Waals surface area contributed by atoms with Gasteiger partial charge in [-0.25, -0.2) is 0 Å². The van der Waals surface area contributed by atoms with Gasteiger partial charge in [-0.3, -0.25) is 9.59 Å². The SMILES string of the molecule is CC/C=C\C/C=C\C/C=C\C/C=C\C/C=C\C/C=C\C/C=C\C/C=C\C/C=C\C/C=C\C/C=C\C/C=C\CCCCC(=O)OC(COC(=O)CCCCCCCCCCCCCC/C=C\C/C=C\C/C=C\C/C=C\C/C=C\C/C=C\CC)COC(OCC[N+](C)(C)C)C(=O)[O-]. The second-order valence-electron chi connectivity index (χ2n) is 24.8. The van der Waals surface area contributed by atoms with Crippen LogP contribution >= 0.6 is 0 Å². The van der Waals surface area contributed by atoms with Gasteiger partial charge in [-0.2, -0.15) is 0 Å². The number of unbranched alkanes of at least 4 members (excludes halogenated alkanes) is 14. The first-order valence-corrected chi connectivity index (χ1v) is 36.9. The Morgan fingerprint density at radius 2 is 0.568 bits per heavy atom. The third-order valence-corrected chi connectivity index (χ3v) is 14.7. The minimum Gasteiger partial charge on any atom is -0.545 e. The molecule has 0 aliphatic carbocycles. The highest BCUT2D eigenvalue weighted by molar-refractivity contribution is 5.70. The Morgan fingerprint density at radius 1 is 0.316 bits per heavy atom. The summed E-state index contributed by atoms with van der Waals surface area (Å²) in [5.41, 5.74) is 0. The molecule has 0 aromatic heterocycles. The van der Waals surface area contributed by atoms with Crippen LogP contribution in [-0.2, 0) is 33.3 Å². The van der Waals surface area contributed by atoms with Crippen LogP contribution in [-0.4, -0.2) is 82.3 Å². The van der Waals surface area contributed by atoms with Gasteiger partial charge in [0.2, 0.25) is 0 Å². The lowest BCUT2D eigenvalue weighted by molar-refractivity contribution is -0.870. The zero-order valence-electron chi connectivity index (χ0n) is 60.4. The predicted molar refractivity (Wildman–Crippen MR) is 407 cm³/mol. The minimum absolute atomic E-state index is 0.127. The number of quaternary nitrogens is 1. The predicted octanol–water partition coefficient (Wildman–Crippen LogP) is 22.4. The van der Waals surface area contributed by atoms with Crippen LogP contribution < -0.4 is 5.11 Å². The number of esters is 2. The van der Waals surface area contributed by atoms with E-state index >= 15 is 0 Å². The summed E-state index contributed by atoms with van der Waals surface area (Å²) in [5.74, 6) is -2.37. The molecule has 0 fully saturated rings. The van der Waals surface area contributed by atoms with Crippen LogP contribution in [0.15, 0.2) is 219 Å². The molecule has 0 spiro atoms. The van der Waals surface area contributed by atoms with Crippen molar-refractivity contribution in [3.05, 3.63) is 219 Å². The molecule has 0 aromatic carbocycles. The van der Waals surface area contributed by atoms with Gasteiger partial charge in [0.25, 0.3) is 0 Å². The lowest BCUT2D eigenvalue weighted by atomic mass is 10.0. The van der Waals surface area contributed by atoms with E-state index in [-0.39, 0.29) is 38.6 Å². The Balaban J connectivity index is 4.27. The second-order valence-corrected chi connectivity index (χ2v) is 24.8. The summed E-state index contributed by atoms with van der Waals surface area (Å²) in [6.45, 7) is 4.44. The molecule has 0 heterocycles. The van der Waals surface area contributed by atoms with E-state index in [0.29, 0.717) is 17.4 Å². The summed E-state index contributed by atoms with van der Waals surface area (Å²) >= 11 is 0. The van der Waals surface area contributed by atoms with Crippen molar-refractivity contribution in [1.29, 1.82) is 0 Å². The number of hydrogen-bond acceptors (Lipinski definition) is 8. The highest BCUT2D eigenvalue weighted by Crippen LogP contribution is 2.15. The van der Waals surface area contributed by atoms with E-state index in [4.69, 9.17) is 18.9 Å². The first-order valence-electron chi connectivity index (χ1n) is 36.9. The summed E-state index contributed by atoms with van der Waals surface area (Å²) in [4.78, 5) is 37.5. The summed E-state index contributed by atoms with van der Waals surface area (Å²) in [6.07, 6.45) is 113. The quantitative estimate of drug-likeness (QED) is 0.0195. The fourth-order valence-corrected chi connectivity index (χ4v) is 9.17. The molecular weight excluding hydrogens is 1170 g/mol. The largest absolute Gasteiger partial charge is 0.545 e. The van der Waals surface area contributed by atoms with E-state index in [1.807, 2.05) is 21.1 Å². The van der Waals surface area contributed by atoms with Crippen molar-refractivity contribution in [3.8, 4) is 0 Å². The molecule has 0 amide bonds. The molecule has 0 aliphatic rings. The van der Waals surface area contributed by atoms with Gasteiger partial charge < -0.3 is 33.3 Å². The minimum atomic E-state index is -1.65. The summed E-state index contributed by atoms with van der Waals surface area (Å²) in [6, 6.07) is 0. The Bertz CT molecular complexity index is 2370. The van der Waals surface area contributed by atoms with E-state index in [0.717, 1.165) is 154 Å². The van der Waals surface area contributed by atoms with Crippen molar-refractivity contribution in [1.82, 2.24) is 0 Å². The van der Waals surface area contributed by atoms with Gasteiger partial charge in [0.05, 0.1) is 40.3 Å². The molecule has 0 bridgehead atoms. The Hall–Kier alpha value is -6.39. The molecule has 2 unspecified atom stereocenters. The van der Waals surface area contributed by atoms with Crippen LogP contribution in [0.4, 0.5) is 0 Å². The topological polar surface area (TPSA) is 111 Å². The van der Waals surface area contributed by atoms with Crippen molar-refractivity contribution in [2.45, 2.75) is 257 Å². The fourth-order valence-electron chi connectivity index (χ4n) is 9.17. The molecular formula is C86H133NO8. The van der Waals surface area contributed by atoms with Crippen LogP contribution in [0.1, 0.15) is 245 Å². The number of likely N-dealkylation sites (N-methyl/N-ethyl adjacent to an activating group) is 1. The second kappa shape index (κ2) is 73.4. The van der Waals surface area contributed by atoms with E-state index in [1.54, 1.807) is 0 Å². The van der Waals surface area contributed by atoms with Gasteiger partial charge in [-0.05, 0) is 154 Å². The van der Waals surface area contributed by atoms with E-state index in [2.05, 4.69) is 233 Å². The maximum atomic E-state index is 12.9. The zero-order valence-corrected chi connectivity index (χ0v) is 60.4. The lowest BCUT2D eigenvalue weighted by Gasteiger charge is -2.26. The molecule has 9 nitrogen and oxygen atoms in total. The van der Waals surface area contributed by atoms with E-state index in [9.17, 15) is 19.5 Å². The number of carboxylic acids is 1. The standard InChI is InChI=1S/C86H133NO8/c1-6-8-10-12-14-16-18-20-22-24-26-28-30-32-34-36-38-39-40-41-42-43-44-45-47-49-51-53-55-57-59-61-63-65-67-69-71-73-75-77-84(89)95-82(81-94-86(85(90)91)92-79-78-87(3,4)5)80-93-83(88)76-74-72-70-68-66-64-62-60-58-56-54-52-50-48-46-37-35-33-31-29-27-25-23-21-19-17-15-13-11-9-7-2/h8-11,14-17,20-23,26-29,32-35,38-39,41-42,44-46,48-49,51,55,57,61,63,67,69,82,86H,6-7,12-13,18-19,24-25,30-31,36-37,40,43,47,50,52-54,56,58-60,62,64-66,68,70-81H2,1-5H3/b10-8-,11-9-,16-14-,17-15-,22-20-,23-21-,28-26-,29-27-,34-32-,35-33-,39-38-,42-41-,45-44-,48-46-,51-49-,57-55-,63-61-,69-67-. The number of ether oxygens (including phenoxy) is 4. The van der Waals surface area contributed by atoms with Gasteiger partial charge in [0.1, 0.15) is 13.2 Å². The highest BCUT2D eigenvalue weighted by Gasteiger charge is 2.22. The number of rotatable bonds is 65. The molecule has 0 aliphatic heterocycles. The molecule has 0 N–H and O–H groups in total. The molecule has 0 aromatic rings. The number of carbonyl (C=O) groups excluding carboxylic acids is 3. The third kappa shape index (κ3) is 74.9. The van der Waals surface area contributed by atoms with Crippen LogP contribution in [0.25, 0.3) is 0 Å². The van der Waals surface area contributed by atoms with Crippen molar-refractivity contribution >= 4 is 17.9 Å². The summed E-state index contributed by atoms with van der Waals surface area (Å²) < 4.78 is 22.7. The number of nitrogens with zero attached hydrogens (tertiary/aromatic N) is 1. The smallest absolute Gasteiger partial charge is 0.306 e. The first kappa shape index (κ1) is 88.6. The molecule has 0 rings (SSSR count). The summed E-state index contributed by atoms with van der Waals surface area (Å²) in [7, 11) is 5.90. The number of carboxylic acid groups (broad SMARTS) is 1. The molecule has 0 radical (unpaired) electrons. The van der Waals surface area contributed by atoms with Crippen LogP contribution in [0.5, 0.6) is 0 Å². The molecule has 2 atom stereocenters. The third-order valence-electron chi connectivity index (χ3n) is 14.7. The average molecular weight is 1310 g/mol. The van der Waals surface area contributed by atoms with Gasteiger partial charge in [-0.15, -0.1) is 0 Å². The maximum Gasteiger partial charge on any atom is 0.306 e. The lowest BCUT2D eigenvalue weighted by Crippen LogP contribution is -2.44. The Morgan fingerprint density at radius 3 is 0.863 bits per heavy atom. The Labute approximate surface area is 581 Å². The number of hydrogen-bond donors (Lipinski definition) is 0. The van der Waals surface area contributed by atoms with Crippen molar-refractivity contribution < 1.29 is 42.9 Å². The highest BCUT2D eigenvalue weighted by atomic mass is 16.7. The van der Waals surface area contributed by atoms with E-state index < -0.39 is 24.3 Å². The maximum absolute atomic E-state index is 12.9. The van der Waals surface area contributed by atoms with Gasteiger partial charge >= 0.3 is 11.9 Å². The zero-order chi connectivity index (χ0) is 69.0.